The summed E-state index contributed by atoms with van der Waals surface area (Å²) in [4.78, 5) is 11.5. The van der Waals surface area contributed by atoms with Gasteiger partial charge < -0.3 is 0 Å². The maximum Gasteiger partial charge on any atom is 0.162 e. The molecule has 0 aliphatic rings. The summed E-state index contributed by atoms with van der Waals surface area (Å²) >= 11 is 0. The van der Waals surface area contributed by atoms with Gasteiger partial charge in [-0.25, -0.2) is 0 Å². The van der Waals surface area contributed by atoms with E-state index in [9.17, 15) is 4.79 Å². The number of aromatic nitrogens is 2. The minimum absolute atomic E-state index is 0.177. The molecule has 14 heavy (non-hydrogen) atoms. The highest BCUT2D eigenvalue weighted by molar-refractivity contribution is 5.99. The van der Waals surface area contributed by atoms with Crippen LogP contribution in [0.2, 0.25) is 0 Å². The fraction of sp³-hybridized carbons (Fsp3) is 0.273. The lowest BCUT2D eigenvalue weighted by atomic mass is 10.0. The molecular formula is C11H12N2O. The van der Waals surface area contributed by atoms with Crippen molar-refractivity contribution in [3.05, 3.63) is 29.5 Å². The summed E-state index contributed by atoms with van der Waals surface area (Å²) in [6, 6.07) is 3.80. The van der Waals surface area contributed by atoms with Crippen LogP contribution in [0.1, 0.15) is 29.3 Å². The molecule has 0 aliphatic heterocycles. The van der Waals surface area contributed by atoms with Gasteiger partial charge in [-0.3, -0.25) is 9.89 Å². The molecule has 0 saturated heterocycles. The maximum atomic E-state index is 11.5. The van der Waals surface area contributed by atoms with Crippen LogP contribution in [0.3, 0.4) is 0 Å². The van der Waals surface area contributed by atoms with Crippen LogP contribution in [0.4, 0.5) is 0 Å². The van der Waals surface area contributed by atoms with Crippen molar-refractivity contribution in [1.29, 1.82) is 0 Å². The monoisotopic (exact) mass is 188 g/mol. The second-order valence-electron chi connectivity index (χ2n) is 3.40. The lowest BCUT2D eigenvalue weighted by Gasteiger charge is -2.00. The van der Waals surface area contributed by atoms with Crippen LogP contribution in [0.25, 0.3) is 10.9 Å². The Kier molecular flexibility index (Phi) is 2.08. The van der Waals surface area contributed by atoms with Crippen molar-refractivity contribution in [2.45, 2.75) is 20.3 Å². The summed E-state index contributed by atoms with van der Waals surface area (Å²) < 4.78 is 0. The lowest BCUT2D eigenvalue weighted by molar-refractivity contribution is 0.0988. The molecule has 0 bridgehead atoms. The number of carbonyl (C=O) groups is 1. The third-order valence-electron chi connectivity index (χ3n) is 2.39. The molecule has 0 radical (unpaired) electrons. The van der Waals surface area contributed by atoms with Crippen molar-refractivity contribution in [2.75, 3.05) is 0 Å². The number of nitrogens with one attached hydrogen (secondary N) is 1. The van der Waals surface area contributed by atoms with Crippen LogP contribution in [-0.2, 0) is 0 Å². The fourth-order valence-corrected chi connectivity index (χ4v) is 1.60. The quantitative estimate of drug-likeness (QED) is 0.736. The SMILES string of the molecule is CCC(=O)c1cc(C)c2[nH]ncc2c1. The Labute approximate surface area is 82.1 Å². The van der Waals surface area contributed by atoms with Crippen LogP contribution < -0.4 is 0 Å². The molecule has 0 fully saturated rings. The lowest BCUT2D eigenvalue weighted by Crippen LogP contribution is -1.96. The number of benzene rings is 1. The zero-order valence-corrected chi connectivity index (χ0v) is 8.29. The van der Waals surface area contributed by atoms with Crippen LogP contribution >= 0.6 is 0 Å². The molecule has 0 aliphatic carbocycles. The Morgan fingerprint density at radius 3 is 3.00 bits per heavy atom. The third kappa shape index (κ3) is 1.31. The van der Waals surface area contributed by atoms with E-state index in [0.29, 0.717) is 6.42 Å². The highest BCUT2D eigenvalue weighted by Crippen LogP contribution is 2.18. The van der Waals surface area contributed by atoms with E-state index in [1.807, 2.05) is 26.0 Å². The van der Waals surface area contributed by atoms with Crippen molar-refractivity contribution in [3.63, 3.8) is 0 Å². The molecule has 1 heterocycles. The Morgan fingerprint density at radius 1 is 1.50 bits per heavy atom. The largest absolute Gasteiger partial charge is 0.294 e. The predicted octanol–water partition coefficient (Wildman–Crippen LogP) is 2.46. The normalized spacial score (nSPS) is 10.7. The average molecular weight is 188 g/mol. The molecule has 3 nitrogen and oxygen atoms in total. The van der Waals surface area contributed by atoms with E-state index < -0.39 is 0 Å². The number of nitrogens with zero attached hydrogens (tertiary/aromatic N) is 1. The van der Waals surface area contributed by atoms with Gasteiger partial charge in [0.15, 0.2) is 5.78 Å². The Hall–Kier alpha value is -1.64. The number of aryl methyl sites for hydroxylation is 1. The maximum absolute atomic E-state index is 11.5. The summed E-state index contributed by atoms with van der Waals surface area (Å²) in [6.45, 7) is 3.85. The summed E-state index contributed by atoms with van der Waals surface area (Å²) in [5.74, 6) is 0.177. The summed E-state index contributed by atoms with van der Waals surface area (Å²) in [5.41, 5.74) is 2.85. The molecule has 2 aromatic rings. The van der Waals surface area contributed by atoms with E-state index in [2.05, 4.69) is 10.2 Å². The zero-order chi connectivity index (χ0) is 10.1. The van der Waals surface area contributed by atoms with Crippen molar-refractivity contribution in [1.82, 2.24) is 10.2 Å². The van der Waals surface area contributed by atoms with Crippen molar-refractivity contribution in [3.8, 4) is 0 Å². The van der Waals surface area contributed by atoms with Gasteiger partial charge in [0.25, 0.3) is 0 Å². The van der Waals surface area contributed by atoms with E-state index in [1.54, 1.807) is 6.20 Å². The molecular weight excluding hydrogens is 176 g/mol. The molecule has 0 atom stereocenters. The van der Waals surface area contributed by atoms with Crippen molar-refractivity contribution >= 4 is 16.7 Å². The van der Waals surface area contributed by atoms with Gasteiger partial charge in [0.1, 0.15) is 0 Å². The molecule has 1 aromatic carbocycles. The van der Waals surface area contributed by atoms with Crippen LogP contribution in [0.15, 0.2) is 18.3 Å². The number of hydrogen-bond donors (Lipinski definition) is 1. The number of ketones is 1. The second kappa shape index (κ2) is 3.25. The first-order valence-electron chi connectivity index (χ1n) is 4.69. The van der Waals surface area contributed by atoms with Gasteiger partial charge in [-0.2, -0.15) is 5.10 Å². The van der Waals surface area contributed by atoms with E-state index in [0.717, 1.165) is 22.0 Å². The topological polar surface area (TPSA) is 45.8 Å². The standard InChI is InChI=1S/C11H12N2O/c1-3-10(14)8-4-7(2)11-9(5-8)6-12-13-11/h4-6H,3H2,1-2H3,(H,12,13). The molecule has 0 amide bonds. The Balaban J connectivity index is 2.64. The van der Waals surface area contributed by atoms with E-state index in [1.165, 1.54) is 0 Å². The second-order valence-corrected chi connectivity index (χ2v) is 3.40. The molecule has 0 spiro atoms. The number of fused-ring (bicyclic) bond motifs is 1. The molecule has 0 unspecified atom stereocenters. The van der Waals surface area contributed by atoms with Crippen LogP contribution in [-0.4, -0.2) is 16.0 Å². The first kappa shape index (κ1) is 8.94. The Morgan fingerprint density at radius 2 is 2.29 bits per heavy atom. The predicted molar refractivity (Wildman–Crippen MR) is 55.5 cm³/mol. The minimum atomic E-state index is 0.177. The number of Topliss-reactive ketones (excluding diaryl/α,β-unsaturated/α-hetero) is 1. The summed E-state index contributed by atoms with van der Waals surface area (Å²) in [6.07, 6.45) is 2.29. The van der Waals surface area contributed by atoms with Crippen molar-refractivity contribution < 1.29 is 4.79 Å². The van der Waals surface area contributed by atoms with Gasteiger partial charge in [0.2, 0.25) is 0 Å². The van der Waals surface area contributed by atoms with Gasteiger partial charge >= 0.3 is 0 Å². The van der Waals surface area contributed by atoms with Gasteiger partial charge in [-0.05, 0) is 24.6 Å². The fourth-order valence-electron chi connectivity index (χ4n) is 1.60. The Bertz CT molecular complexity index is 485. The molecule has 2 rings (SSSR count). The number of H-pyrrole nitrogens is 1. The van der Waals surface area contributed by atoms with Crippen molar-refractivity contribution in [2.24, 2.45) is 0 Å². The average Bonchev–Trinajstić information content (AvgIpc) is 2.64. The van der Waals surface area contributed by atoms with Gasteiger partial charge in [-0.15, -0.1) is 0 Å². The van der Waals surface area contributed by atoms with Gasteiger partial charge in [0, 0.05) is 17.4 Å². The zero-order valence-electron chi connectivity index (χ0n) is 8.29. The molecule has 0 saturated carbocycles. The van der Waals surface area contributed by atoms with E-state index >= 15 is 0 Å². The molecule has 1 aromatic heterocycles. The number of hydrogen-bond acceptors (Lipinski definition) is 2. The first-order chi connectivity index (χ1) is 6.72. The summed E-state index contributed by atoms with van der Waals surface area (Å²) in [5, 5.41) is 7.86. The highest BCUT2D eigenvalue weighted by Gasteiger charge is 2.07. The third-order valence-corrected chi connectivity index (χ3v) is 2.39. The summed E-state index contributed by atoms with van der Waals surface area (Å²) in [7, 11) is 0. The number of aromatic amines is 1. The van der Waals surface area contributed by atoms with E-state index in [4.69, 9.17) is 0 Å². The minimum Gasteiger partial charge on any atom is -0.294 e. The highest BCUT2D eigenvalue weighted by atomic mass is 16.1. The number of carbonyl (C=O) groups excluding carboxylic acids is 1. The smallest absolute Gasteiger partial charge is 0.162 e. The van der Waals surface area contributed by atoms with Gasteiger partial charge in [-0.1, -0.05) is 6.92 Å². The van der Waals surface area contributed by atoms with E-state index in [-0.39, 0.29) is 5.78 Å². The molecule has 1 N–H and O–H groups in total. The number of rotatable bonds is 2. The van der Waals surface area contributed by atoms with Crippen LogP contribution in [0, 0.1) is 6.92 Å². The first-order valence-corrected chi connectivity index (χ1v) is 4.69. The molecule has 72 valence electrons. The van der Waals surface area contributed by atoms with Gasteiger partial charge in [0.05, 0.1) is 11.7 Å². The van der Waals surface area contributed by atoms with Crippen LogP contribution in [0.5, 0.6) is 0 Å². The molecule has 3 heteroatoms.